The van der Waals surface area contributed by atoms with Gasteiger partial charge in [-0.15, -0.1) is 0 Å². The molecule has 0 spiro atoms. The fraction of sp³-hybridized carbons (Fsp3) is 0.300. The van der Waals surface area contributed by atoms with Gasteiger partial charge in [0.25, 0.3) is 0 Å². The lowest BCUT2D eigenvalue weighted by Gasteiger charge is -2.14. The Balaban J connectivity index is 2.46. The number of rotatable bonds is 0. The van der Waals surface area contributed by atoms with E-state index in [9.17, 15) is 4.79 Å². The van der Waals surface area contributed by atoms with E-state index in [2.05, 4.69) is 0 Å². The zero-order valence-corrected chi connectivity index (χ0v) is 7.58. The van der Waals surface area contributed by atoms with Gasteiger partial charge in [-0.1, -0.05) is 17.6 Å². The van der Waals surface area contributed by atoms with Crippen molar-refractivity contribution in [3.05, 3.63) is 23.8 Å². The Bertz CT molecular complexity index is 362. The van der Waals surface area contributed by atoms with Crippen LogP contribution in [0.15, 0.2) is 18.2 Å². The Hall–Kier alpha value is -1.25. The Morgan fingerprint density at radius 1 is 1.54 bits per heavy atom. The third-order valence-electron chi connectivity index (χ3n) is 2.39. The number of nitrogens with zero attached hydrogens (tertiary/aromatic N) is 1. The minimum absolute atomic E-state index is 0.0874. The zero-order valence-electron chi connectivity index (χ0n) is 7.58. The average Bonchev–Trinajstić information content (AvgIpc) is 2.46. The molecule has 0 aromatic heterocycles. The van der Waals surface area contributed by atoms with Gasteiger partial charge in [-0.3, -0.25) is 4.79 Å². The highest BCUT2D eigenvalue weighted by Gasteiger charge is 2.21. The first-order chi connectivity index (χ1) is 6.18. The molecule has 1 heterocycles. The molecule has 1 amide bonds. The van der Waals surface area contributed by atoms with Crippen LogP contribution in [-0.2, 0) is 11.2 Å². The van der Waals surface area contributed by atoms with Crippen molar-refractivity contribution in [3.8, 4) is 0 Å². The molecule has 1 aliphatic rings. The van der Waals surface area contributed by atoms with E-state index in [1.54, 1.807) is 11.8 Å². The van der Waals surface area contributed by atoms with Crippen molar-refractivity contribution in [2.75, 3.05) is 11.4 Å². The van der Waals surface area contributed by atoms with Gasteiger partial charge < -0.3 is 4.90 Å². The van der Waals surface area contributed by atoms with Crippen LogP contribution in [0.25, 0.3) is 0 Å². The fourth-order valence-corrected chi connectivity index (χ4v) is 1.72. The predicted octanol–water partition coefficient (Wildman–Crippen LogP) is 0.389. The van der Waals surface area contributed by atoms with Crippen molar-refractivity contribution < 1.29 is 4.79 Å². The number of fused-ring (bicyclic) bond motifs is 1. The van der Waals surface area contributed by atoms with Crippen molar-refractivity contribution >= 4 is 24.9 Å². The maximum atomic E-state index is 11.2. The number of carbonyl (C=O) groups excluding carboxylic acids is 1. The van der Waals surface area contributed by atoms with Crippen LogP contribution in [0.1, 0.15) is 12.5 Å². The molecule has 0 N–H and O–H groups in total. The largest absolute Gasteiger partial charge is 0.312 e. The van der Waals surface area contributed by atoms with Gasteiger partial charge >= 0.3 is 0 Å². The van der Waals surface area contributed by atoms with Crippen LogP contribution in [0.4, 0.5) is 5.69 Å². The van der Waals surface area contributed by atoms with Gasteiger partial charge in [0.05, 0.1) is 0 Å². The molecule has 1 aromatic carbocycles. The monoisotopic (exact) mass is 171 g/mol. The Kier molecular flexibility index (Phi) is 1.87. The molecule has 0 bridgehead atoms. The topological polar surface area (TPSA) is 20.3 Å². The number of anilines is 1. The van der Waals surface area contributed by atoms with E-state index < -0.39 is 0 Å². The van der Waals surface area contributed by atoms with Crippen molar-refractivity contribution in [2.24, 2.45) is 0 Å². The summed E-state index contributed by atoms with van der Waals surface area (Å²) in [7, 11) is 5.66. The Labute approximate surface area is 79.0 Å². The van der Waals surface area contributed by atoms with Crippen LogP contribution in [0.2, 0.25) is 0 Å². The molecule has 0 unspecified atom stereocenters. The first-order valence-corrected chi connectivity index (χ1v) is 4.35. The smallest absolute Gasteiger partial charge is 0.223 e. The molecule has 0 saturated heterocycles. The lowest BCUT2D eigenvalue weighted by molar-refractivity contribution is -0.116. The normalized spacial score (nSPS) is 14.4. The van der Waals surface area contributed by atoms with Crippen LogP contribution >= 0.6 is 0 Å². The van der Waals surface area contributed by atoms with Crippen LogP contribution in [-0.4, -0.2) is 20.3 Å². The second kappa shape index (κ2) is 2.91. The zero-order chi connectivity index (χ0) is 9.42. The van der Waals surface area contributed by atoms with Crippen LogP contribution in [0, 0.1) is 0 Å². The first-order valence-electron chi connectivity index (χ1n) is 4.35. The number of amides is 1. The van der Waals surface area contributed by atoms with Crippen molar-refractivity contribution in [1.29, 1.82) is 0 Å². The maximum absolute atomic E-state index is 11.2. The molecule has 64 valence electrons. The van der Waals surface area contributed by atoms with Crippen molar-refractivity contribution in [1.82, 2.24) is 0 Å². The molecule has 2 rings (SSSR count). The summed E-state index contributed by atoms with van der Waals surface area (Å²) in [6.07, 6.45) is 0.940. The second-order valence-electron chi connectivity index (χ2n) is 3.31. The molecule has 1 aromatic rings. The summed E-state index contributed by atoms with van der Waals surface area (Å²) in [5.41, 5.74) is 2.91. The minimum atomic E-state index is 0.0874. The molecule has 0 atom stereocenters. The molecule has 3 heteroatoms. The van der Waals surface area contributed by atoms with E-state index in [0.717, 1.165) is 18.7 Å². The Morgan fingerprint density at radius 3 is 3.00 bits per heavy atom. The van der Waals surface area contributed by atoms with Crippen molar-refractivity contribution in [3.63, 3.8) is 0 Å². The summed E-state index contributed by atoms with van der Waals surface area (Å²) in [6.45, 7) is 2.37. The minimum Gasteiger partial charge on any atom is -0.312 e. The van der Waals surface area contributed by atoms with E-state index in [1.807, 2.05) is 18.2 Å². The summed E-state index contributed by atoms with van der Waals surface area (Å²) in [5.74, 6) is 0.0874. The van der Waals surface area contributed by atoms with Gasteiger partial charge in [0.15, 0.2) is 0 Å². The van der Waals surface area contributed by atoms with Gasteiger partial charge in [0.2, 0.25) is 5.91 Å². The lowest BCUT2D eigenvalue weighted by Crippen LogP contribution is -2.26. The number of hydrogen-bond acceptors (Lipinski definition) is 1. The quantitative estimate of drug-likeness (QED) is 0.517. The van der Waals surface area contributed by atoms with E-state index in [1.165, 1.54) is 5.56 Å². The van der Waals surface area contributed by atoms with E-state index in [-0.39, 0.29) is 5.91 Å². The van der Waals surface area contributed by atoms with Crippen LogP contribution in [0.5, 0.6) is 0 Å². The summed E-state index contributed by atoms with van der Waals surface area (Å²) >= 11 is 0. The van der Waals surface area contributed by atoms with E-state index in [0.29, 0.717) is 5.46 Å². The predicted molar refractivity (Wildman–Crippen MR) is 53.6 cm³/mol. The lowest BCUT2D eigenvalue weighted by atomic mass is 9.94. The van der Waals surface area contributed by atoms with Gasteiger partial charge in [-0.2, -0.15) is 0 Å². The third kappa shape index (κ3) is 1.35. The number of benzene rings is 1. The highest BCUT2D eigenvalue weighted by atomic mass is 16.2. The molecular formula is C10H10BNO. The summed E-state index contributed by atoms with van der Waals surface area (Å²) in [5, 5.41) is 0. The summed E-state index contributed by atoms with van der Waals surface area (Å²) in [6, 6.07) is 5.74. The van der Waals surface area contributed by atoms with Gasteiger partial charge in [0.1, 0.15) is 7.85 Å². The maximum Gasteiger partial charge on any atom is 0.223 e. The number of carbonyl (C=O) groups is 1. The second-order valence-corrected chi connectivity index (χ2v) is 3.31. The van der Waals surface area contributed by atoms with Gasteiger partial charge in [-0.05, 0) is 18.1 Å². The van der Waals surface area contributed by atoms with Crippen LogP contribution < -0.4 is 10.4 Å². The SMILES string of the molecule is [B]c1ccc2c(c1)N(C(C)=O)CC2. The van der Waals surface area contributed by atoms with E-state index in [4.69, 9.17) is 7.85 Å². The summed E-state index contributed by atoms with van der Waals surface area (Å²) < 4.78 is 0. The van der Waals surface area contributed by atoms with Gasteiger partial charge in [-0.25, -0.2) is 0 Å². The molecule has 1 aliphatic heterocycles. The molecule has 0 fully saturated rings. The third-order valence-corrected chi connectivity index (χ3v) is 2.39. The average molecular weight is 171 g/mol. The standard InChI is InChI=1S/C10H10BNO/c1-7(13)12-5-4-8-2-3-9(11)6-10(8)12/h2-3,6H,4-5H2,1H3. The van der Waals surface area contributed by atoms with E-state index >= 15 is 0 Å². The van der Waals surface area contributed by atoms with Gasteiger partial charge in [0, 0.05) is 19.2 Å². The summed E-state index contributed by atoms with van der Waals surface area (Å²) in [4.78, 5) is 13.0. The fourth-order valence-electron chi connectivity index (χ4n) is 1.72. The number of hydrogen-bond donors (Lipinski definition) is 0. The molecular weight excluding hydrogens is 161 g/mol. The molecule has 0 saturated carbocycles. The molecule has 2 nitrogen and oxygen atoms in total. The van der Waals surface area contributed by atoms with Crippen molar-refractivity contribution in [2.45, 2.75) is 13.3 Å². The Morgan fingerprint density at radius 2 is 2.31 bits per heavy atom. The molecule has 0 aliphatic carbocycles. The highest BCUT2D eigenvalue weighted by Crippen LogP contribution is 2.26. The van der Waals surface area contributed by atoms with Crippen LogP contribution in [0.3, 0.4) is 0 Å². The molecule has 13 heavy (non-hydrogen) atoms. The highest BCUT2D eigenvalue weighted by molar-refractivity contribution is 6.32. The first kappa shape index (κ1) is 8.36. The molecule has 2 radical (unpaired) electrons.